The van der Waals surface area contributed by atoms with Gasteiger partial charge in [-0.1, -0.05) is 13.0 Å². The molecule has 1 aliphatic heterocycles. The van der Waals surface area contributed by atoms with E-state index in [9.17, 15) is 23.2 Å². The van der Waals surface area contributed by atoms with Crippen molar-refractivity contribution in [3.05, 3.63) is 59.2 Å². The summed E-state index contributed by atoms with van der Waals surface area (Å²) >= 11 is 0. The second kappa shape index (κ2) is 13.5. The largest absolute Gasteiger partial charge is 0.493 e. The molecule has 0 aliphatic carbocycles. The first-order chi connectivity index (χ1) is 19.5. The highest BCUT2D eigenvalue weighted by atomic mass is 19.1. The van der Waals surface area contributed by atoms with E-state index in [1.165, 1.54) is 17.0 Å². The highest BCUT2D eigenvalue weighted by Crippen LogP contribution is 2.32. The predicted octanol–water partition coefficient (Wildman–Crippen LogP) is 6.08. The Morgan fingerprint density at radius 1 is 0.976 bits per heavy atom. The van der Waals surface area contributed by atoms with E-state index in [0.717, 1.165) is 17.3 Å². The molecular weight excluding hydrogens is 546 g/mol. The Bertz CT molecular complexity index is 1280. The number of halogens is 2. The summed E-state index contributed by atoms with van der Waals surface area (Å²) < 4.78 is 44.0. The molecule has 0 bridgehead atoms. The van der Waals surface area contributed by atoms with Crippen LogP contribution in [0.25, 0.3) is 0 Å². The third-order valence-corrected chi connectivity index (χ3v) is 6.35. The molecule has 8 nitrogen and oxygen atoms in total. The van der Waals surface area contributed by atoms with Crippen LogP contribution < -0.4 is 9.64 Å². The van der Waals surface area contributed by atoms with Gasteiger partial charge in [0.05, 0.1) is 13.0 Å². The lowest BCUT2D eigenvalue weighted by atomic mass is 10.0. The summed E-state index contributed by atoms with van der Waals surface area (Å²) in [4.78, 5) is 41.4. The summed E-state index contributed by atoms with van der Waals surface area (Å²) in [5.74, 6) is -1.34. The van der Waals surface area contributed by atoms with Gasteiger partial charge < -0.3 is 19.1 Å². The molecule has 1 heterocycles. The van der Waals surface area contributed by atoms with E-state index in [1.54, 1.807) is 58.6 Å². The molecular formula is C32H42F2N2O6. The molecule has 0 N–H and O–H groups in total. The van der Waals surface area contributed by atoms with Gasteiger partial charge in [-0.05, 0) is 95.7 Å². The number of carbonyl (C=O) groups excluding carboxylic acids is 3. The molecule has 0 radical (unpaired) electrons. The van der Waals surface area contributed by atoms with Gasteiger partial charge in [0.25, 0.3) is 0 Å². The van der Waals surface area contributed by atoms with Gasteiger partial charge in [-0.3, -0.25) is 14.5 Å². The van der Waals surface area contributed by atoms with Gasteiger partial charge >= 0.3 is 12.1 Å². The maximum atomic E-state index is 14.0. The van der Waals surface area contributed by atoms with E-state index in [2.05, 4.69) is 0 Å². The summed E-state index contributed by atoms with van der Waals surface area (Å²) in [6, 6.07) is 9.02. The minimum Gasteiger partial charge on any atom is -0.493 e. The Morgan fingerprint density at radius 3 is 2.31 bits per heavy atom. The first-order valence-corrected chi connectivity index (χ1v) is 14.2. The van der Waals surface area contributed by atoms with E-state index >= 15 is 0 Å². The number of carbonyl (C=O) groups is 3. The van der Waals surface area contributed by atoms with Crippen molar-refractivity contribution in [2.45, 2.75) is 78.9 Å². The molecule has 0 aromatic heterocycles. The van der Waals surface area contributed by atoms with E-state index in [1.807, 2.05) is 13.0 Å². The third-order valence-electron chi connectivity index (χ3n) is 6.35. The van der Waals surface area contributed by atoms with Crippen LogP contribution >= 0.6 is 0 Å². The van der Waals surface area contributed by atoms with Crippen LogP contribution in [0.1, 0.15) is 66.0 Å². The molecule has 0 saturated carbocycles. The molecule has 1 atom stereocenters. The standard InChI is InChI=1S/C32H42F2N2O6/c1-21(16-22-8-9-24(33)18-26(22)34)20-40-25-10-11-27-23(17-25)12-15-36(27)28(37)19-35(30(39)42-32(5,6)7)14-13-29(38)41-31(2,3)4/h8-11,17-18,21H,12-16,19-20H2,1-7H3. The minimum atomic E-state index is -0.772. The fraction of sp³-hybridized carbons (Fsp3) is 0.531. The lowest BCUT2D eigenvalue weighted by Gasteiger charge is -2.29. The Balaban J connectivity index is 1.62. The second-order valence-electron chi connectivity index (χ2n) is 12.7. The first kappa shape index (κ1) is 32.8. The van der Waals surface area contributed by atoms with Crippen LogP contribution in [-0.4, -0.2) is 60.3 Å². The van der Waals surface area contributed by atoms with Crippen LogP contribution in [0.4, 0.5) is 19.3 Å². The zero-order valence-corrected chi connectivity index (χ0v) is 25.6. The average molecular weight is 589 g/mol. The summed E-state index contributed by atoms with van der Waals surface area (Å²) in [5.41, 5.74) is 0.651. The fourth-order valence-electron chi connectivity index (χ4n) is 4.52. The summed E-state index contributed by atoms with van der Waals surface area (Å²) in [5, 5.41) is 0. The van der Waals surface area contributed by atoms with Gasteiger partial charge in [-0.15, -0.1) is 0 Å². The van der Waals surface area contributed by atoms with Crippen LogP contribution in [0.3, 0.4) is 0 Å². The molecule has 0 fully saturated rings. The van der Waals surface area contributed by atoms with Gasteiger partial charge in [0.1, 0.15) is 35.1 Å². The SMILES string of the molecule is CC(COc1ccc2c(c1)CCN2C(=O)CN(CCC(=O)OC(C)(C)C)C(=O)OC(C)(C)C)Cc1ccc(F)cc1F. The average Bonchev–Trinajstić information content (AvgIpc) is 3.28. The van der Waals surface area contributed by atoms with Crippen molar-refractivity contribution < 1.29 is 37.4 Å². The molecule has 0 saturated heterocycles. The summed E-state index contributed by atoms with van der Waals surface area (Å²) in [6.45, 7) is 12.9. The highest BCUT2D eigenvalue weighted by Gasteiger charge is 2.30. The maximum absolute atomic E-state index is 14.0. The van der Waals surface area contributed by atoms with Crippen LogP contribution in [0, 0.1) is 17.6 Å². The molecule has 3 rings (SSSR count). The number of hydrogen-bond acceptors (Lipinski definition) is 6. The van der Waals surface area contributed by atoms with Gasteiger partial charge in [0, 0.05) is 24.8 Å². The van der Waals surface area contributed by atoms with Crippen LogP contribution in [0.5, 0.6) is 5.75 Å². The number of hydrogen-bond donors (Lipinski definition) is 0. The molecule has 2 amide bonds. The van der Waals surface area contributed by atoms with E-state index in [-0.39, 0.29) is 31.3 Å². The number of nitrogens with zero attached hydrogens (tertiary/aromatic N) is 2. The molecule has 230 valence electrons. The molecule has 2 aromatic carbocycles. The number of ether oxygens (including phenoxy) is 3. The van der Waals surface area contributed by atoms with E-state index < -0.39 is 34.9 Å². The number of anilines is 1. The topological polar surface area (TPSA) is 85.4 Å². The Morgan fingerprint density at radius 2 is 1.67 bits per heavy atom. The van der Waals surface area contributed by atoms with Gasteiger partial charge in [0.15, 0.2) is 0 Å². The molecule has 1 unspecified atom stereocenters. The van der Waals surface area contributed by atoms with Crippen LogP contribution in [0.2, 0.25) is 0 Å². The van der Waals surface area contributed by atoms with Crippen molar-refractivity contribution in [1.29, 1.82) is 0 Å². The quantitative estimate of drug-likeness (QED) is 0.313. The van der Waals surface area contributed by atoms with Crippen LogP contribution in [0.15, 0.2) is 36.4 Å². The Hall–Kier alpha value is -3.69. The molecule has 42 heavy (non-hydrogen) atoms. The first-order valence-electron chi connectivity index (χ1n) is 14.2. The molecule has 1 aliphatic rings. The van der Waals surface area contributed by atoms with Crippen molar-refractivity contribution in [2.24, 2.45) is 5.92 Å². The highest BCUT2D eigenvalue weighted by molar-refractivity contribution is 5.98. The number of benzene rings is 2. The fourth-order valence-corrected chi connectivity index (χ4v) is 4.52. The minimum absolute atomic E-state index is 0.0178. The Labute approximate surface area is 246 Å². The van der Waals surface area contributed by atoms with Crippen molar-refractivity contribution in [3.8, 4) is 5.75 Å². The van der Waals surface area contributed by atoms with E-state index in [4.69, 9.17) is 14.2 Å². The van der Waals surface area contributed by atoms with Crippen molar-refractivity contribution in [2.75, 3.05) is 31.1 Å². The van der Waals surface area contributed by atoms with E-state index in [0.29, 0.717) is 37.3 Å². The number of fused-ring (bicyclic) bond motifs is 1. The third kappa shape index (κ3) is 9.99. The van der Waals surface area contributed by atoms with Gasteiger partial charge in [-0.25, -0.2) is 13.6 Å². The number of esters is 1. The Kier molecular flexibility index (Phi) is 10.6. The smallest absolute Gasteiger partial charge is 0.410 e. The van der Waals surface area contributed by atoms with Crippen LogP contribution in [-0.2, 0) is 31.9 Å². The molecule has 10 heteroatoms. The summed E-state index contributed by atoms with van der Waals surface area (Å²) in [7, 11) is 0. The molecule has 0 spiro atoms. The monoisotopic (exact) mass is 588 g/mol. The summed E-state index contributed by atoms with van der Waals surface area (Å²) in [6.07, 6.45) is 0.255. The maximum Gasteiger partial charge on any atom is 0.410 e. The zero-order valence-electron chi connectivity index (χ0n) is 25.6. The number of rotatable bonds is 10. The lowest BCUT2D eigenvalue weighted by Crippen LogP contribution is -2.45. The predicted molar refractivity (Wildman–Crippen MR) is 155 cm³/mol. The molecule has 2 aromatic rings. The lowest BCUT2D eigenvalue weighted by molar-refractivity contribution is -0.155. The van der Waals surface area contributed by atoms with Gasteiger partial charge in [0.2, 0.25) is 5.91 Å². The normalized spacial score (nSPS) is 13.8. The number of amides is 2. The van der Waals surface area contributed by atoms with Crippen molar-refractivity contribution in [3.63, 3.8) is 0 Å². The zero-order chi connectivity index (χ0) is 31.2. The van der Waals surface area contributed by atoms with Crippen molar-refractivity contribution >= 4 is 23.7 Å². The van der Waals surface area contributed by atoms with Crippen molar-refractivity contribution in [1.82, 2.24) is 4.90 Å². The second-order valence-corrected chi connectivity index (χ2v) is 12.7. The van der Waals surface area contributed by atoms with Gasteiger partial charge in [-0.2, -0.15) is 0 Å².